The molecule has 0 heterocycles. The lowest BCUT2D eigenvalue weighted by Crippen LogP contribution is -2.01. The molecule has 17 heavy (non-hydrogen) atoms. The summed E-state index contributed by atoms with van der Waals surface area (Å²) in [5.74, 6) is 1.36. The monoisotopic (exact) mass is 236 g/mol. The smallest absolute Gasteiger partial charge is 0.122 e. The summed E-state index contributed by atoms with van der Waals surface area (Å²) in [6, 6.07) is 5.42. The molecular formula is C14H20O3. The lowest BCUT2D eigenvalue weighted by Gasteiger charge is -2.16. The second-order valence-electron chi connectivity index (χ2n) is 4.23. The van der Waals surface area contributed by atoms with Gasteiger partial charge in [-0.1, -0.05) is 5.57 Å². The number of aliphatic hydroxyl groups excluding tert-OH is 1. The molecule has 0 fully saturated rings. The van der Waals surface area contributed by atoms with Gasteiger partial charge in [-0.25, -0.2) is 0 Å². The third-order valence-electron chi connectivity index (χ3n) is 2.89. The summed E-state index contributed by atoms with van der Waals surface area (Å²) in [7, 11) is 3.19. The van der Waals surface area contributed by atoms with Crippen molar-refractivity contribution in [2.45, 2.75) is 26.9 Å². The average Bonchev–Trinajstić information content (AvgIpc) is 2.35. The van der Waals surface area contributed by atoms with E-state index in [4.69, 9.17) is 9.47 Å². The number of methoxy groups -OCH3 is 2. The van der Waals surface area contributed by atoms with Crippen LogP contribution in [-0.2, 0) is 0 Å². The van der Waals surface area contributed by atoms with E-state index < -0.39 is 6.10 Å². The summed E-state index contributed by atoms with van der Waals surface area (Å²) >= 11 is 0. The molecule has 0 aliphatic carbocycles. The number of aliphatic hydroxyl groups is 1. The Kier molecular flexibility index (Phi) is 4.58. The second kappa shape index (κ2) is 5.73. The zero-order valence-corrected chi connectivity index (χ0v) is 11.1. The SMILES string of the molecule is COc1cc(OC)cc(C(O)C(C)=C(C)C)c1. The Bertz CT molecular complexity index is 395. The maximum atomic E-state index is 10.2. The van der Waals surface area contributed by atoms with Crippen molar-refractivity contribution < 1.29 is 14.6 Å². The minimum absolute atomic E-state index is 0.621. The van der Waals surface area contributed by atoms with Gasteiger partial charge >= 0.3 is 0 Å². The van der Waals surface area contributed by atoms with Crippen molar-refractivity contribution in [3.8, 4) is 11.5 Å². The van der Waals surface area contributed by atoms with Crippen molar-refractivity contribution in [1.29, 1.82) is 0 Å². The second-order valence-corrected chi connectivity index (χ2v) is 4.23. The zero-order chi connectivity index (χ0) is 13.0. The summed E-state index contributed by atoms with van der Waals surface area (Å²) in [5.41, 5.74) is 2.83. The van der Waals surface area contributed by atoms with Crippen molar-refractivity contribution in [2.75, 3.05) is 14.2 Å². The molecule has 3 nitrogen and oxygen atoms in total. The number of hydrogen-bond acceptors (Lipinski definition) is 3. The normalized spacial score (nSPS) is 11.9. The topological polar surface area (TPSA) is 38.7 Å². The van der Waals surface area contributed by atoms with E-state index in [1.165, 1.54) is 0 Å². The molecule has 94 valence electrons. The first-order valence-corrected chi connectivity index (χ1v) is 5.54. The first kappa shape index (κ1) is 13.6. The van der Waals surface area contributed by atoms with E-state index in [1.54, 1.807) is 20.3 Å². The van der Waals surface area contributed by atoms with Gasteiger partial charge in [0.2, 0.25) is 0 Å². The lowest BCUT2D eigenvalue weighted by atomic mass is 9.99. The van der Waals surface area contributed by atoms with Crippen LogP contribution in [0.2, 0.25) is 0 Å². The largest absolute Gasteiger partial charge is 0.497 e. The van der Waals surface area contributed by atoms with E-state index in [2.05, 4.69) is 0 Å². The van der Waals surface area contributed by atoms with Crippen LogP contribution in [0.25, 0.3) is 0 Å². The van der Waals surface area contributed by atoms with Crippen molar-refractivity contribution in [3.05, 3.63) is 34.9 Å². The number of allylic oxidation sites excluding steroid dienone is 1. The third-order valence-corrected chi connectivity index (χ3v) is 2.89. The zero-order valence-electron chi connectivity index (χ0n) is 11.1. The van der Waals surface area contributed by atoms with Crippen LogP contribution in [0.3, 0.4) is 0 Å². The molecule has 0 radical (unpaired) electrons. The van der Waals surface area contributed by atoms with Crippen molar-refractivity contribution >= 4 is 0 Å². The lowest BCUT2D eigenvalue weighted by molar-refractivity contribution is 0.213. The Hall–Kier alpha value is -1.48. The van der Waals surface area contributed by atoms with Crippen molar-refractivity contribution in [2.24, 2.45) is 0 Å². The number of hydrogen-bond donors (Lipinski definition) is 1. The molecule has 3 heteroatoms. The van der Waals surface area contributed by atoms with E-state index in [0.717, 1.165) is 16.7 Å². The third kappa shape index (κ3) is 3.24. The maximum Gasteiger partial charge on any atom is 0.122 e. The molecule has 0 bridgehead atoms. The van der Waals surface area contributed by atoms with E-state index in [-0.39, 0.29) is 0 Å². The van der Waals surface area contributed by atoms with Gasteiger partial charge in [0.05, 0.1) is 14.2 Å². The fourth-order valence-electron chi connectivity index (χ4n) is 1.51. The molecule has 1 rings (SSSR count). The van der Waals surface area contributed by atoms with Gasteiger partial charge in [-0.15, -0.1) is 0 Å². The highest BCUT2D eigenvalue weighted by Crippen LogP contribution is 2.30. The highest BCUT2D eigenvalue weighted by Gasteiger charge is 2.13. The molecule has 0 aliphatic rings. The first-order valence-electron chi connectivity index (χ1n) is 5.54. The van der Waals surface area contributed by atoms with E-state index in [9.17, 15) is 5.11 Å². The molecule has 1 aromatic rings. The van der Waals surface area contributed by atoms with Gasteiger partial charge in [0, 0.05) is 6.07 Å². The molecule has 0 amide bonds. The highest BCUT2D eigenvalue weighted by atomic mass is 16.5. The van der Waals surface area contributed by atoms with Crippen molar-refractivity contribution in [3.63, 3.8) is 0 Å². The van der Waals surface area contributed by atoms with Crippen LogP contribution < -0.4 is 9.47 Å². The summed E-state index contributed by atoms with van der Waals surface area (Å²) < 4.78 is 10.4. The molecule has 0 saturated carbocycles. The van der Waals surface area contributed by atoms with Crippen LogP contribution >= 0.6 is 0 Å². The molecule has 0 saturated heterocycles. The summed E-state index contributed by atoms with van der Waals surface area (Å²) in [4.78, 5) is 0. The fraction of sp³-hybridized carbons (Fsp3) is 0.429. The Morgan fingerprint density at radius 2 is 1.47 bits per heavy atom. The van der Waals surface area contributed by atoms with Gasteiger partial charge in [0.15, 0.2) is 0 Å². The predicted molar refractivity (Wildman–Crippen MR) is 68.6 cm³/mol. The van der Waals surface area contributed by atoms with Crippen LogP contribution in [0.5, 0.6) is 11.5 Å². The molecular weight excluding hydrogens is 216 g/mol. The minimum Gasteiger partial charge on any atom is -0.497 e. The standard InChI is InChI=1S/C14H20O3/c1-9(2)10(3)14(15)11-6-12(16-4)8-13(7-11)17-5/h6-8,14-15H,1-5H3. The molecule has 1 unspecified atom stereocenters. The van der Waals surface area contributed by atoms with Crippen LogP contribution in [-0.4, -0.2) is 19.3 Å². The van der Waals surface area contributed by atoms with Gasteiger partial charge < -0.3 is 14.6 Å². The number of benzene rings is 1. The van der Waals surface area contributed by atoms with E-state index in [1.807, 2.05) is 32.9 Å². The highest BCUT2D eigenvalue weighted by molar-refractivity contribution is 5.41. The first-order chi connectivity index (χ1) is 7.99. The maximum absolute atomic E-state index is 10.2. The number of rotatable bonds is 4. The molecule has 1 N–H and O–H groups in total. The molecule has 0 aliphatic heterocycles. The summed E-state index contributed by atoms with van der Waals surface area (Å²) in [6.07, 6.45) is -0.621. The van der Waals surface area contributed by atoms with Crippen molar-refractivity contribution in [1.82, 2.24) is 0 Å². The molecule has 1 aromatic carbocycles. The molecule has 0 aromatic heterocycles. The number of ether oxygens (including phenoxy) is 2. The Balaban J connectivity index is 3.17. The van der Waals surface area contributed by atoms with Crippen LogP contribution in [0.1, 0.15) is 32.4 Å². The fourth-order valence-corrected chi connectivity index (χ4v) is 1.51. The molecule has 1 atom stereocenters. The molecule has 0 spiro atoms. The minimum atomic E-state index is -0.621. The average molecular weight is 236 g/mol. The summed E-state index contributed by atoms with van der Waals surface area (Å²) in [5, 5.41) is 10.2. The van der Waals surface area contributed by atoms with Gasteiger partial charge in [-0.2, -0.15) is 0 Å². The Labute approximate surface area is 103 Å². The van der Waals surface area contributed by atoms with Gasteiger partial charge in [0.1, 0.15) is 17.6 Å². The Morgan fingerprint density at radius 3 is 1.82 bits per heavy atom. The van der Waals surface area contributed by atoms with Gasteiger partial charge in [-0.05, 0) is 44.0 Å². The van der Waals surface area contributed by atoms with Crippen LogP contribution in [0, 0.1) is 0 Å². The van der Waals surface area contributed by atoms with Gasteiger partial charge in [0.25, 0.3) is 0 Å². The van der Waals surface area contributed by atoms with Crippen LogP contribution in [0.15, 0.2) is 29.3 Å². The Morgan fingerprint density at radius 1 is 1.00 bits per heavy atom. The van der Waals surface area contributed by atoms with E-state index in [0.29, 0.717) is 11.5 Å². The quantitative estimate of drug-likeness (QED) is 0.816. The van der Waals surface area contributed by atoms with E-state index >= 15 is 0 Å². The predicted octanol–water partition coefficient (Wildman–Crippen LogP) is 3.09. The van der Waals surface area contributed by atoms with Crippen LogP contribution in [0.4, 0.5) is 0 Å². The van der Waals surface area contributed by atoms with Gasteiger partial charge in [-0.3, -0.25) is 0 Å². The summed E-state index contributed by atoms with van der Waals surface area (Å²) in [6.45, 7) is 5.89.